The van der Waals surface area contributed by atoms with Crippen molar-refractivity contribution >= 4 is 0 Å². The monoisotopic (exact) mass is 133 g/mol. The molecule has 0 aromatic rings. The molecule has 0 amide bonds. The highest BCUT2D eigenvalue weighted by Gasteiger charge is 1.80. The Bertz CT molecular complexity index is 41.4. The predicted octanol–water partition coefficient (Wildman–Crippen LogP) is 0.988. The molecule has 0 radical (unpaired) electrons. The Kier molecular flexibility index (Phi) is 10.3. The molecule has 0 atom stereocenters. The molecular formula is C7H19NO. The highest BCUT2D eigenvalue weighted by molar-refractivity contribution is 4.38. The van der Waals surface area contributed by atoms with Gasteiger partial charge in [0, 0.05) is 6.10 Å². The molecular weight excluding hydrogens is 114 g/mol. The van der Waals surface area contributed by atoms with E-state index in [9.17, 15) is 0 Å². The van der Waals surface area contributed by atoms with Crippen LogP contribution in [0.15, 0.2) is 0 Å². The lowest BCUT2D eigenvalue weighted by Crippen LogP contribution is -2.05. The third-order valence-electron chi connectivity index (χ3n) is 0.471. The highest BCUT2D eigenvalue weighted by Crippen LogP contribution is 1.81. The van der Waals surface area contributed by atoms with Crippen molar-refractivity contribution in [1.82, 2.24) is 0 Å². The molecule has 0 saturated carbocycles. The first-order valence-corrected chi connectivity index (χ1v) is 3.38. The summed E-state index contributed by atoms with van der Waals surface area (Å²) < 4.78 is 0. The fourth-order valence-electron chi connectivity index (χ4n) is 0. The van der Waals surface area contributed by atoms with Crippen LogP contribution in [0.5, 0.6) is 0 Å². The van der Waals surface area contributed by atoms with Gasteiger partial charge in [-0.15, -0.1) is 0 Å². The smallest absolute Gasteiger partial charge is 0.0483 e. The number of rotatable bonds is 1. The third kappa shape index (κ3) is 75.3. The number of aliphatic hydroxyl groups excluding tert-OH is 1. The Labute approximate surface area is 58.1 Å². The molecule has 0 bridgehead atoms. The first kappa shape index (κ1) is 11.7. The first-order valence-electron chi connectivity index (χ1n) is 3.38. The van der Waals surface area contributed by atoms with E-state index in [-0.39, 0.29) is 6.10 Å². The van der Waals surface area contributed by atoms with E-state index in [1.165, 1.54) is 0 Å². The maximum atomic E-state index is 8.06. The van der Waals surface area contributed by atoms with Gasteiger partial charge in [-0.05, 0) is 26.3 Å². The second-order valence-corrected chi connectivity index (χ2v) is 2.72. The minimum absolute atomic E-state index is 0.167. The van der Waals surface area contributed by atoms with Gasteiger partial charge in [0.1, 0.15) is 0 Å². The van der Waals surface area contributed by atoms with Crippen molar-refractivity contribution in [2.45, 2.75) is 33.8 Å². The van der Waals surface area contributed by atoms with Crippen molar-refractivity contribution in [3.05, 3.63) is 0 Å². The summed E-state index contributed by atoms with van der Waals surface area (Å²) >= 11 is 0. The normalized spacial score (nSPS) is 9.33. The molecule has 2 heteroatoms. The number of nitrogens with two attached hydrogens (primary N) is 1. The average molecular weight is 133 g/mol. The minimum Gasteiger partial charge on any atom is -0.394 e. The largest absolute Gasteiger partial charge is 0.394 e. The SMILES string of the molecule is CC(C)CN.CC(C)O. The lowest BCUT2D eigenvalue weighted by molar-refractivity contribution is 0.216. The zero-order valence-corrected chi connectivity index (χ0v) is 6.89. The topological polar surface area (TPSA) is 46.2 Å². The quantitative estimate of drug-likeness (QED) is 0.560. The summed E-state index contributed by atoms with van der Waals surface area (Å²) in [6, 6.07) is 0. The molecule has 0 unspecified atom stereocenters. The molecule has 0 aliphatic rings. The van der Waals surface area contributed by atoms with E-state index in [2.05, 4.69) is 13.8 Å². The van der Waals surface area contributed by atoms with Crippen LogP contribution in [0.2, 0.25) is 0 Å². The summed E-state index contributed by atoms with van der Waals surface area (Å²) in [4.78, 5) is 0. The lowest BCUT2D eigenvalue weighted by atomic mass is 10.2. The fourth-order valence-corrected chi connectivity index (χ4v) is 0. The van der Waals surface area contributed by atoms with Gasteiger partial charge in [-0.25, -0.2) is 0 Å². The van der Waals surface area contributed by atoms with Crippen LogP contribution in [0.25, 0.3) is 0 Å². The molecule has 0 aliphatic carbocycles. The van der Waals surface area contributed by atoms with Crippen molar-refractivity contribution in [2.75, 3.05) is 6.54 Å². The van der Waals surface area contributed by atoms with E-state index < -0.39 is 0 Å². The van der Waals surface area contributed by atoms with Crippen molar-refractivity contribution in [1.29, 1.82) is 0 Å². The average Bonchev–Trinajstić information content (AvgIpc) is 1.65. The molecule has 9 heavy (non-hydrogen) atoms. The van der Waals surface area contributed by atoms with Gasteiger partial charge in [-0.1, -0.05) is 13.8 Å². The van der Waals surface area contributed by atoms with Crippen LogP contribution in [-0.2, 0) is 0 Å². The predicted molar refractivity (Wildman–Crippen MR) is 41.2 cm³/mol. The van der Waals surface area contributed by atoms with Gasteiger partial charge in [-0.3, -0.25) is 0 Å². The first-order chi connectivity index (χ1) is 4.00. The minimum atomic E-state index is -0.167. The van der Waals surface area contributed by atoms with Crippen molar-refractivity contribution in [3.63, 3.8) is 0 Å². The summed E-state index contributed by atoms with van der Waals surface area (Å²) in [5.41, 5.74) is 5.17. The molecule has 0 aromatic carbocycles. The summed E-state index contributed by atoms with van der Waals surface area (Å²) in [6.07, 6.45) is -0.167. The maximum absolute atomic E-state index is 8.06. The van der Waals surface area contributed by atoms with Gasteiger partial charge in [0.2, 0.25) is 0 Å². The molecule has 58 valence electrons. The van der Waals surface area contributed by atoms with E-state index >= 15 is 0 Å². The zero-order valence-electron chi connectivity index (χ0n) is 6.89. The van der Waals surface area contributed by atoms with E-state index in [0.717, 1.165) is 6.54 Å². The molecule has 0 spiro atoms. The van der Waals surface area contributed by atoms with Crippen molar-refractivity contribution < 1.29 is 5.11 Å². The van der Waals surface area contributed by atoms with Crippen molar-refractivity contribution in [3.8, 4) is 0 Å². The Morgan fingerprint density at radius 1 is 1.22 bits per heavy atom. The second kappa shape index (κ2) is 7.92. The maximum Gasteiger partial charge on any atom is 0.0483 e. The molecule has 0 aliphatic heterocycles. The van der Waals surface area contributed by atoms with Crippen LogP contribution in [0.4, 0.5) is 0 Å². The van der Waals surface area contributed by atoms with Gasteiger partial charge < -0.3 is 10.8 Å². The van der Waals surface area contributed by atoms with E-state index in [1.807, 2.05) is 0 Å². The van der Waals surface area contributed by atoms with Crippen LogP contribution >= 0.6 is 0 Å². The lowest BCUT2D eigenvalue weighted by Gasteiger charge is -1.91. The van der Waals surface area contributed by atoms with Crippen molar-refractivity contribution in [2.24, 2.45) is 11.7 Å². The number of hydrogen-bond donors (Lipinski definition) is 2. The Balaban J connectivity index is 0. The van der Waals surface area contributed by atoms with Gasteiger partial charge in [-0.2, -0.15) is 0 Å². The summed E-state index contributed by atoms with van der Waals surface area (Å²) in [5.74, 6) is 0.662. The molecule has 0 rings (SSSR count). The Morgan fingerprint density at radius 3 is 1.33 bits per heavy atom. The molecule has 3 N–H and O–H groups in total. The molecule has 0 heterocycles. The zero-order chi connectivity index (χ0) is 7.86. The summed E-state index contributed by atoms with van der Waals surface area (Å²) in [6.45, 7) is 8.44. The molecule has 0 fully saturated rings. The molecule has 0 aromatic heterocycles. The van der Waals surface area contributed by atoms with E-state index in [0.29, 0.717) is 5.92 Å². The Hall–Kier alpha value is -0.0800. The van der Waals surface area contributed by atoms with Gasteiger partial charge in [0.15, 0.2) is 0 Å². The fraction of sp³-hybridized carbons (Fsp3) is 1.00. The molecule has 2 nitrogen and oxygen atoms in total. The van der Waals surface area contributed by atoms with Crippen LogP contribution in [-0.4, -0.2) is 17.8 Å². The van der Waals surface area contributed by atoms with Crippen LogP contribution in [0.3, 0.4) is 0 Å². The Morgan fingerprint density at radius 2 is 1.33 bits per heavy atom. The van der Waals surface area contributed by atoms with Gasteiger partial charge in [0.05, 0.1) is 0 Å². The summed E-state index contributed by atoms with van der Waals surface area (Å²) in [5, 5.41) is 8.06. The number of hydrogen-bond acceptors (Lipinski definition) is 2. The second-order valence-electron chi connectivity index (χ2n) is 2.72. The van der Waals surface area contributed by atoms with Gasteiger partial charge in [0.25, 0.3) is 0 Å². The summed E-state index contributed by atoms with van der Waals surface area (Å²) in [7, 11) is 0. The molecule has 0 saturated heterocycles. The number of aliphatic hydroxyl groups is 1. The van der Waals surface area contributed by atoms with Crippen LogP contribution in [0, 0.1) is 5.92 Å². The van der Waals surface area contributed by atoms with E-state index in [4.69, 9.17) is 10.8 Å². The van der Waals surface area contributed by atoms with Crippen LogP contribution < -0.4 is 5.73 Å². The van der Waals surface area contributed by atoms with E-state index in [1.54, 1.807) is 13.8 Å². The highest BCUT2D eigenvalue weighted by atomic mass is 16.3. The van der Waals surface area contributed by atoms with Crippen LogP contribution in [0.1, 0.15) is 27.7 Å². The standard InChI is InChI=1S/C4H11N.C3H8O/c1-4(2)3-5;1-3(2)4/h4H,3,5H2,1-2H3;3-4H,1-2H3. The van der Waals surface area contributed by atoms with Gasteiger partial charge >= 0.3 is 0 Å². The third-order valence-corrected chi connectivity index (χ3v) is 0.471.